The van der Waals surface area contributed by atoms with E-state index >= 15 is 0 Å². The van der Waals surface area contributed by atoms with Crippen LogP contribution in [-0.4, -0.2) is 0 Å². The van der Waals surface area contributed by atoms with Crippen molar-refractivity contribution in [1.29, 1.82) is 0 Å². The monoisotopic (exact) mass is 312 g/mol. The molecule has 10 aliphatic rings. The van der Waals surface area contributed by atoms with Gasteiger partial charge in [0.2, 0.25) is 0 Å². The fourth-order valence-electron chi connectivity index (χ4n) is 11.0. The molecule has 0 aromatic heterocycles. The van der Waals surface area contributed by atoms with Crippen LogP contribution in [-0.2, 0) is 0 Å². The minimum absolute atomic E-state index is 0.150. The Morgan fingerprint density at radius 1 is 0.625 bits per heavy atom. The van der Waals surface area contributed by atoms with Crippen LogP contribution in [0.25, 0.3) is 0 Å². The molecule has 0 amide bonds. The molecule has 0 heterocycles. The highest BCUT2D eigenvalue weighted by atomic mass is 14.9. The van der Waals surface area contributed by atoms with Gasteiger partial charge in [0.1, 0.15) is 0 Å². The zero-order valence-electron chi connectivity index (χ0n) is 14.2. The number of hydrogen-bond acceptors (Lipinski definition) is 0. The van der Waals surface area contributed by atoms with E-state index in [4.69, 9.17) is 19.3 Å². The minimum Gasteiger partial charge on any atom is -0.120 e. The zero-order chi connectivity index (χ0) is 16.1. The van der Waals surface area contributed by atoms with Gasteiger partial charge in [-0.25, -0.2) is 0 Å². The standard InChI is InChI=1S/C24H24/c1-4-21-7-15-14-9-23(6-3)17-10-22(5-2)11-18(23)20(16(14)8-21)24(12-21,13-22)19(15)17/h1-3,14-20H,7-13H2. The summed E-state index contributed by atoms with van der Waals surface area (Å²) in [4.78, 5) is 0. The highest BCUT2D eigenvalue weighted by Crippen LogP contribution is 2.90. The van der Waals surface area contributed by atoms with Crippen LogP contribution in [0.3, 0.4) is 0 Å². The third kappa shape index (κ3) is 0.932. The lowest BCUT2D eigenvalue weighted by molar-refractivity contribution is -0.380. The van der Waals surface area contributed by atoms with Crippen LogP contribution in [0.5, 0.6) is 0 Å². The van der Waals surface area contributed by atoms with E-state index in [1.165, 1.54) is 44.9 Å². The molecule has 10 saturated carbocycles. The lowest BCUT2D eigenvalue weighted by Gasteiger charge is -2.87. The summed E-state index contributed by atoms with van der Waals surface area (Å²) in [7, 11) is 0. The van der Waals surface area contributed by atoms with Gasteiger partial charge in [-0.1, -0.05) is 17.8 Å². The summed E-state index contributed by atoms with van der Waals surface area (Å²) in [5.74, 6) is 15.8. The predicted octanol–water partition coefficient (Wildman–Crippen LogP) is 3.97. The van der Waals surface area contributed by atoms with Crippen molar-refractivity contribution in [2.24, 2.45) is 63.1 Å². The lowest BCUT2D eigenvalue weighted by atomic mass is 9.16. The summed E-state index contributed by atoms with van der Waals surface area (Å²) < 4.78 is 0. The van der Waals surface area contributed by atoms with Crippen molar-refractivity contribution in [3.63, 3.8) is 0 Å². The van der Waals surface area contributed by atoms with E-state index in [1.807, 2.05) is 0 Å². The smallest absolute Gasteiger partial charge is 0.0378 e. The highest BCUT2D eigenvalue weighted by molar-refractivity contribution is 5.40. The van der Waals surface area contributed by atoms with Crippen molar-refractivity contribution in [2.45, 2.75) is 44.9 Å². The van der Waals surface area contributed by atoms with E-state index in [9.17, 15) is 0 Å². The van der Waals surface area contributed by atoms with Gasteiger partial charge in [-0.05, 0) is 91.8 Å². The molecule has 0 saturated heterocycles. The molecule has 0 nitrogen and oxygen atoms in total. The minimum atomic E-state index is 0.150. The zero-order valence-corrected chi connectivity index (χ0v) is 14.2. The van der Waals surface area contributed by atoms with E-state index in [1.54, 1.807) is 0 Å². The van der Waals surface area contributed by atoms with Crippen LogP contribution in [0.1, 0.15) is 44.9 Å². The van der Waals surface area contributed by atoms with Crippen molar-refractivity contribution in [2.75, 3.05) is 0 Å². The van der Waals surface area contributed by atoms with Gasteiger partial charge >= 0.3 is 0 Å². The average Bonchev–Trinajstić information content (AvgIpc) is 2.60. The largest absolute Gasteiger partial charge is 0.120 e. The van der Waals surface area contributed by atoms with Gasteiger partial charge in [0.05, 0.1) is 0 Å². The van der Waals surface area contributed by atoms with Gasteiger partial charge in [0.25, 0.3) is 0 Å². The summed E-state index contributed by atoms with van der Waals surface area (Å²) in [5.41, 5.74) is 1.02. The van der Waals surface area contributed by atoms with E-state index in [2.05, 4.69) is 17.8 Å². The Morgan fingerprint density at radius 3 is 1.67 bits per heavy atom. The molecule has 6 unspecified atom stereocenters. The Balaban J connectivity index is 1.55. The van der Waals surface area contributed by atoms with Gasteiger partial charge in [-0.3, -0.25) is 0 Å². The van der Waals surface area contributed by atoms with Crippen molar-refractivity contribution in [3.8, 4) is 37.0 Å². The molecule has 120 valence electrons. The van der Waals surface area contributed by atoms with Gasteiger partial charge < -0.3 is 0 Å². The number of hydrogen-bond donors (Lipinski definition) is 0. The third-order valence-electron chi connectivity index (χ3n) is 10.8. The van der Waals surface area contributed by atoms with Crippen LogP contribution < -0.4 is 0 Å². The fourth-order valence-corrected chi connectivity index (χ4v) is 11.0. The second-order valence-electron chi connectivity index (χ2n) is 10.9. The van der Waals surface area contributed by atoms with E-state index in [0.717, 1.165) is 29.6 Å². The molecule has 1 spiro atoms. The molecule has 24 heavy (non-hydrogen) atoms. The topological polar surface area (TPSA) is 0 Å². The maximum Gasteiger partial charge on any atom is 0.0378 e. The van der Waals surface area contributed by atoms with E-state index < -0.39 is 0 Å². The summed E-state index contributed by atoms with van der Waals surface area (Å²) in [6, 6.07) is 0. The first-order valence-electron chi connectivity index (χ1n) is 9.99. The van der Waals surface area contributed by atoms with Crippen molar-refractivity contribution >= 4 is 0 Å². The summed E-state index contributed by atoms with van der Waals surface area (Å²) in [6.07, 6.45) is 27.5. The first kappa shape index (κ1) is 13.0. The predicted molar refractivity (Wildman–Crippen MR) is 93.0 cm³/mol. The van der Waals surface area contributed by atoms with Gasteiger partial charge in [0, 0.05) is 16.2 Å². The van der Waals surface area contributed by atoms with Crippen LogP contribution in [0.2, 0.25) is 0 Å². The second kappa shape index (κ2) is 3.22. The molecule has 11 bridgehead atoms. The second-order valence-corrected chi connectivity index (χ2v) is 10.9. The quantitative estimate of drug-likeness (QED) is 0.594. The van der Waals surface area contributed by atoms with Gasteiger partial charge in [-0.15, -0.1) is 19.3 Å². The molecule has 0 aliphatic heterocycles. The number of terminal acetylenes is 3. The molecule has 0 aromatic rings. The molecule has 10 aliphatic carbocycles. The summed E-state index contributed by atoms with van der Waals surface area (Å²) in [5, 5.41) is 0. The van der Waals surface area contributed by atoms with Crippen molar-refractivity contribution < 1.29 is 0 Å². The molecule has 0 N–H and O–H groups in total. The molecule has 0 aromatic carbocycles. The van der Waals surface area contributed by atoms with E-state index in [0.29, 0.717) is 17.3 Å². The summed E-state index contributed by atoms with van der Waals surface area (Å²) in [6.45, 7) is 0. The first-order valence-corrected chi connectivity index (χ1v) is 9.99. The first-order chi connectivity index (χ1) is 11.6. The molecule has 0 radical (unpaired) electrons. The van der Waals surface area contributed by atoms with Crippen molar-refractivity contribution in [1.82, 2.24) is 0 Å². The fraction of sp³-hybridized carbons (Fsp3) is 0.750. The number of rotatable bonds is 0. The maximum absolute atomic E-state index is 6.29. The summed E-state index contributed by atoms with van der Waals surface area (Å²) >= 11 is 0. The Morgan fingerprint density at radius 2 is 1.17 bits per heavy atom. The molecule has 0 heteroatoms. The Hall–Kier alpha value is -1.32. The highest BCUT2D eigenvalue weighted by Gasteiger charge is 2.85. The van der Waals surface area contributed by atoms with Crippen LogP contribution in [0.15, 0.2) is 0 Å². The maximum atomic E-state index is 6.29. The lowest BCUT2D eigenvalue weighted by Crippen LogP contribution is -2.82. The average molecular weight is 312 g/mol. The molecular formula is C24H24. The Bertz CT molecular complexity index is 786. The molecule has 10 rings (SSSR count). The van der Waals surface area contributed by atoms with Crippen LogP contribution in [0, 0.1) is 100 Å². The Kier molecular flexibility index (Phi) is 1.74. The van der Waals surface area contributed by atoms with Gasteiger partial charge in [-0.2, -0.15) is 0 Å². The normalized spacial score (nSPS) is 71.1. The molecular weight excluding hydrogens is 288 g/mol. The molecule has 6 atom stereocenters. The molecule has 10 fully saturated rings. The van der Waals surface area contributed by atoms with Crippen LogP contribution in [0.4, 0.5) is 0 Å². The SMILES string of the molecule is C#CC12CC3C4CC5(C#C)C6CC7(C#C)CC5C(C4C1)C(C2)(C7)C36. The van der Waals surface area contributed by atoms with Crippen LogP contribution >= 0.6 is 0 Å². The van der Waals surface area contributed by atoms with Crippen molar-refractivity contribution in [3.05, 3.63) is 0 Å². The third-order valence-corrected chi connectivity index (χ3v) is 10.8. The van der Waals surface area contributed by atoms with E-state index in [-0.39, 0.29) is 16.2 Å². The van der Waals surface area contributed by atoms with Gasteiger partial charge in [0.15, 0.2) is 0 Å². The Labute approximate surface area is 145 Å².